The molecule has 0 saturated heterocycles. The van der Waals surface area contributed by atoms with Crippen molar-refractivity contribution in [2.24, 2.45) is 0 Å². The molecule has 2 heterocycles. The quantitative estimate of drug-likeness (QED) is 0.693. The van der Waals surface area contributed by atoms with E-state index in [9.17, 15) is 0 Å². The molecule has 0 fully saturated rings. The third-order valence-electron chi connectivity index (χ3n) is 2.46. The van der Waals surface area contributed by atoms with Crippen LogP contribution in [-0.2, 0) is 0 Å². The number of rotatable bonds is 1. The lowest BCUT2D eigenvalue weighted by Gasteiger charge is -1.95. The number of nitrogens with two attached hydrogens (primary N) is 1. The Morgan fingerprint density at radius 1 is 1.38 bits per heavy atom. The minimum absolute atomic E-state index is 0.575. The van der Waals surface area contributed by atoms with Gasteiger partial charge in [0.1, 0.15) is 0 Å². The number of nitrogens with zero attached hydrogens (tertiary/aromatic N) is 1. The van der Waals surface area contributed by atoms with Gasteiger partial charge in [0, 0.05) is 22.5 Å². The SMILES string of the molecule is Nc1nc(-c2c[nH]c3c(Cl)cccc23)cs1. The minimum Gasteiger partial charge on any atom is -0.375 e. The fourth-order valence-electron chi connectivity index (χ4n) is 1.74. The predicted molar refractivity (Wildman–Crippen MR) is 68.8 cm³/mol. The number of anilines is 1. The smallest absolute Gasteiger partial charge is 0.180 e. The summed E-state index contributed by atoms with van der Waals surface area (Å²) in [5.74, 6) is 0. The molecule has 0 amide bonds. The van der Waals surface area contributed by atoms with E-state index in [0.717, 1.165) is 22.2 Å². The fourth-order valence-corrected chi connectivity index (χ4v) is 2.53. The van der Waals surface area contributed by atoms with Gasteiger partial charge in [-0.3, -0.25) is 0 Å². The Bertz CT molecular complexity index is 656. The summed E-state index contributed by atoms with van der Waals surface area (Å²) in [5.41, 5.74) is 8.48. The van der Waals surface area contributed by atoms with Crippen LogP contribution in [0, 0.1) is 0 Å². The first kappa shape index (κ1) is 9.69. The van der Waals surface area contributed by atoms with Crippen LogP contribution < -0.4 is 5.73 Å². The number of nitrogens with one attached hydrogen (secondary N) is 1. The Labute approximate surface area is 101 Å². The summed E-state index contributed by atoms with van der Waals surface area (Å²) in [6.45, 7) is 0. The number of fused-ring (bicyclic) bond motifs is 1. The molecule has 0 aliphatic rings. The summed E-state index contributed by atoms with van der Waals surface area (Å²) in [5, 5.41) is 4.30. The first-order valence-electron chi connectivity index (χ1n) is 4.72. The van der Waals surface area contributed by atoms with E-state index in [1.54, 1.807) is 0 Å². The van der Waals surface area contributed by atoms with E-state index in [1.165, 1.54) is 11.3 Å². The van der Waals surface area contributed by atoms with E-state index >= 15 is 0 Å². The first-order chi connectivity index (χ1) is 7.75. The molecule has 0 spiro atoms. The molecule has 0 radical (unpaired) electrons. The highest BCUT2D eigenvalue weighted by atomic mass is 35.5. The third kappa shape index (κ3) is 1.38. The second-order valence-electron chi connectivity index (χ2n) is 3.44. The molecule has 0 atom stereocenters. The van der Waals surface area contributed by atoms with Gasteiger partial charge < -0.3 is 10.7 Å². The number of H-pyrrole nitrogens is 1. The molecule has 16 heavy (non-hydrogen) atoms. The van der Waals surface area contributed by atoms with Crippen molar-refractivity contribution in [3.8, 4) is 11.3 Å². The van der Waals surface area contributed by atoms with Crippen LogP contribution in [0.3, 0.4) is 0 Å². The normalized spacial score (nSPS) is 11.1. The second-order valence-corrected chi connectivity index (χ2v) is 4.73. The summed E-state index contributed by atoms with van der Waals surface area (Å²) in [4.78, 5) is 7.42. The molecule has 0 unspecified atom stereocenters. The third-order valence-corrected chi connectivity index (χ3v) is 3.45. The van der Waals surface area contributed by atoms with Gasteiger partial charge in [0.25, 0.3) is 0 Å². The first-order valence-corrected chi connectivity index (χ1v) is 5.98. The van der Waals surface area contributed by atoms with Crippen LogP contribution in [0.2, 0.25) is 5.02 Å². The lowest BCUT2D eigenvalue weighted by Crippen LogP contribution is -1.81. The topological polar surface area (TPSA) is 54.7 Å². The number of benzene rings is 1. The highest BCUT2D eigenvalue weighted by Crippen LogP contribution is 2.32. The van der Waals surface area contributed by atoms with E-state index in [2.05, 4.69) is 9.97 Å². The summed E-state index contributed by atoms with van der Waals surface area (Å²) in [7, 11) is 0. The number of aromatic amines is 1. The Kier molecular flexibility index (Phi) is 2.12. The van der Waals surface area contributed by atoms with Crippen molar-refractivity contribution in [1.29, 1.82) is 0 Å². The molecule has 0 aliphatic carbocycles. The zero-order valence-corrected chi connectivity index (χ0v) is 9.77. The molecule has 5 heteroatoms. The number of hydrogen-bond donors (Lipinski definition) is 2. The van der Waals surface area contributed by atoms with Gasteiger partial charge in [0.15, 0.2) is 5.13 Å². The van der Waals surface area contributed by atoms with Gasteiger partial charge in [-0.1, -0.05) is 23.7 Å². The van der Waals surface area contributed by atoms with Gasteiger partial charge >= 0.3 is 0 Å². The van der Waals surface area contributed by atoms with E-state index < -0.39 is 0 Å². The monoisotopic (exact) mass is 249 g/mol. The van der Waals surface area contributed by atoms with Gasteiger partial charge in [0.2, 0.25) is 0 Å². The lowest BCUT2D eigenvalue weighted by atomic mass is 10.1. The zero-order valence-electron chi connectivity index (χ0n) is 8.20. The summed E-state index contributed by atoms with van der Waals surface area (Å²) in [6, 6.07) is 5.81. The molecular formula is C11H8ClN3S. The van der Waals surface area contributed by atoms with Crippen LogP contribution in [-0.4, -0.2) is 9.97 Å². The number of para-hydroxylation sites is 1. The van der Waals surface area contributed by atoms with Crippen LogP contribution in [0.1, 0.15) is 0 Å². The Hall–Kier alpha value is -1.52. The second kappa shape index (κ2) is 3.50. The number of hydrogen-bond acceptors (Lipinski definition) is 3. The van der Waals surface area contributed by atoms with Crippen molar-refractivity contribution in [2.45, 2.75) is 0 Å². The van der Waals surface area contributed by atoms with E-state index in [0.29, 0.717) is 10.2 Å². The molecule has 3 nitrogen and oxygen atoms in total. The summed E-state index contributed by atoms with van der Waals surface area (Å²) in [6.07, 6.45) is 1.91. The number of halogens is 1. The Balaban J connectivity index is 2.29. The largest absolute Gasteiger partial charge is 0.375 e. The van der Waals surface area contributed by atoms with Gasteiger partial charge in [-0.25, -0.2) is 4.98 Å². The number of nitrogen functional groups attached to an aromatic ring is 1. The van der Waals surface area contributed by atoms with Crippen LogP contribution >= 0.6 is 22.9 Å². The molecule has 3 aromatic rings. The van der Waals surface area contributed by atoms with Gasteiger partial charge in [0.05, 0.1) is 16.2 Å². The van der Waals surface area contributed by atoms with Gasteiger partial charge in [-0.2, -0.15) is 0 Å². The standard InChI is InChI=1S/C11H8ClN3S/c12-8-3-1-2-6-7(4-14-10(6)8)9-5-16-11(13)15-9/h1-5,14H,(H2,13,15). The van der Waals surface area contributed by atoms with Crippen molar-refractivity contribution < 1.29 is 0 Å². The lowest BCUT2D eigenvalue weighted by molar-refractivity contribution is 1.41. The van der Waals surface area contributed by atoms with Crippen molar-refractivity contribution in [3.63, 3.8) is 0 Å². The van der Waals surface area contributed by atoms with Crippen molar-refractivity contribution in [3.05, 3.63) is 34.8 Å². The van der Waals surface area contributed by atoms with Crippen molar-refractivity contribution in [2.75, 3.05) is 5.73 Å². The molecule has 1 aromatic carbocycles. The molecule has 0 saturated carbocycles. The summed E-state index contributed by atoms with van der Waals surface area (Å²) < 4.78 is 0. The van der Waals surface area contributed by atoms with E-state index in [1.807, 2.05) is 29.8 Å². The van der Waals surface area contributed by atoms with Crippen LogP contribution in [0.5, 0.6) is 0 Å². The van der Waals surface area contributed by atoms with Crippen LogP contribution in [0.15, 0.2) is 29.8 Å². The zero-order chi connectivity index (χ0) is 11.1. The molecule has 2 aromatic heterocycles. The van der Waals surface area contributed by atoms with E-state index in [-0.39, 0.29) is 0 Å². The van der Waals surface area contributed by atoms with E-state index in [4.69, 9.17) is 17.3 Å². The maximum atomic E-state index is 6.09. The molecule has 3 rings (SSSR count). The minimum atomic E-state index is 0.575. The molecule has 3 N–H and O–H groups in total. The average molecular weight is 250 g/mol. The van der Waals surface area contributed by atoms with Crippen molar-refractivity contribution in [1.82, 2.24) is 9.97 Å². The Morgan fingerprint density at radius 3 is 3.00 bits per heavy atom. The van der Waals surface area contributed by atoms with Crippen molar-refractivity contribution >= 4 is 39.0 Å². The number of aromatic nitrogens is 2. The maximum absolute atomic E-state index is 6.09. The summed E-state index contributed by atoms with van der Waals surface area (Å²) >= 11 is 7.52. The predicted octanol–water partition coefficient (Wildman–Crippen LogP) is 3.53. The van der Waals surface area contributed by atoms with Gasteiger partial charge in [-0.05, 0) is 6.07 Å². The van der Waals surface area contributed by atoms with Crippen LogP contribution in [0.25, 0.3) is 22.2 Å². The molecular weight excluding hydrogens is 242 g/mol. The highest BCUT2D eigenvalue weighted by Gasteiger charge is 2.10. The Morgan fingerprint density at radius 2 is 2.25 bits per heavy atom. The number of thiazole rings is 1. The molecule has 0 bridgehead atoms. The molecule has 80 valence electrons. The average Bonchev–Trinajstić information content (AvgIpc) is 2.84. The fraction of sp³-hybridized carbons (Fsp3) is 0. The highest BCUT2D eigenvalue weighted by molar-refractivity contribution is 7.13. The van der Waals surface area contributed by atoms with Crippen LogP contribution in [0.4, 0.5) is 5.13 Å². The maximum Gasteiger partial charge on any atom is 0.180 e. The molecule has 0 aliphatic heterocycles. The van der Waals surface area contributed by atoms with Gasteiger partial charge in [-0.15, -0.1) is 11.3 Å².